The maximum Gasteiger partial charge on any atom is 0.315 e. The molecular weight excluding hydrogens is 299 g/mol. The first-order valence-corrected chi connectivity index (χ1v) is 7.99. The Hall–Kier alpha value is -1.81. The maximum absolute atomic E-state index is 14.3. The van der Waals surface area contributed by atoms with Crippen LogP contribution in [0.5, 0.6) is 0 Å². The molecule has 4 heteroatoms. The number of rotatable bonds is 5. The third-order valence-corrected chi connectivity index (χ3v) is 4.62. The minimum Gasteiger partial charge on any atom is -0.468 e. The number of carbonyl (C=O) groups excluding carboxylic acids is 1. The smallest absolute Gasteiger partial charge is 0.315 e. The zero-order chi connectivity index (χ0) is 16.2. The zero-order valence-electron chi connectivity index (χ0n) is 12.9. The second-order valence-corrected chi connectivity index (χ2v) is 6.58. The van der Waals surface area contributed by atoms with E-state index < -0.39 is 11.4 Å². The molecule has 0 saturated heterocycles. The number of thioether (sulfide) groups is 1. The summed E-state index contributed by atoms with van der Waals surface area (Å²) >= 11 is 1.56. The van der Waals surface area contributed by atoms with Crippen LogP contribution in [0.1, 0.15) is 25.0 Å². The van der Waals surface area contributed by atoms with E-state index in [0.29, 0.717) is 5.56 Å². The van der Waals surface area contributed by atoms with Crippen LogP contribution in [0.15, 0.2) is 53.4 Å². The van der Waals surface area contributed by atoms with Gasteiger partial charge in [0.1, 0.15) is 5.82 Å². The lowest BCUT2D eigenvalue weighted by atomic mass is 9.84. The Morgan fingerprint density at radius 3 is 2.45 bits per heavy atom. The van der Waals surface area contributed by atoms with Crippen LogP contribution in [-0.4, -0.2) is 13.1 Å². The quantitative estimate of drug-likeness (QED) is 0.597. The van der Waals surface area contributed by atoms with Gasteiger partial charge < -0.3 is 4.74 Å². The van der Waals surface area contributed by atoms with Crippen molar-refractivity contribution in [2.75, 3.05) is 7.11 Å². The van der Waals surface area contributed by atoms with E-state index in [1.54, 1.807) is 31.7 Å². The van der Waals surface area contributed by atoms with Crippen LogP contribution in [0.4, 0.5) is 4.39 Å². The van der Waals surface area contributed by atoms with E-state index in [2.05, 4.69) is 0 Å². The van der Waals surface area contributed by atoms with Crippen LogP contribution >= 0.6 is 11.8 Å². The number of hydrogen-bond donors (Lipinski definition) is 0. The molecule has 0 bridgehead atoms. The lowest BCUT2D eigenvalue weighted by Crippen LogP contribution is -2.31. The number of benzene rings is 2. The van der Waals surface area contributed by atoms with Crippen molar-refractivity contribution < 1.29 is 13.9 Å². The highest BCUT2D eigenvalue weighted by atomic mass is 32.2. The molecule has 2 aromatic carbocycles. The molecule has 0 unspecified atom stereocenters. The van der Waals surface area contributed by atoms with Gasteiger partial charge in [-0.05, 0) is 31.5 Å². The zero-order valence-corrected chi connectivity index (χ0v) is 13.7. The fourth-order valence-electron chi connectivity index (χ4n) is 2.20. The number of methoxy groups -OCH3 is 1. The minimum atomic E-state index is -0.999. The fourth-order valence-corrected chi connectivity index (χ4v) is 3.08. The van der Waals surface area contributed by atoms with Gasteiger partial charge >= 0.3 is 5.97 Å². The molecule has 0 aromatic heterocycles. The van der Waals surface area contributed by atoms with E-state index in [9.17, 15) is 9.18 Å². The summed E-state index contributed by atoms with van der Waals surface area (Å²) in [4.78, 5) is 12.6. The molecule has 0 saturated carbocycles. The Kier molecular flexibility index (Phi) is 5.24. The standard InChI is InChI=1S/C18H19FO2S/c1-18(2,17(20)21-3)15-10-9-14(11-16(15)19)22-12-13-7-5-4-6-8-13/h4-11H,12H2,1-3H3. The van der Waals surface area contributed by atoms with E-state index in [0.717, 1.165) is 10.6 Å². The first-order valence-electron chi connectivity index (χ1n) is 7.00. The number of halogens is 1. The Labute approximate surface area is 134 Å². The monoisotopic (exact) mass is 318 g/mol. The summed E-state index contributed by atoms with van der Waals surface area (Å²) in [6.45, 7) is 3.32. The Morgan fingerprint density at radius 2 is 1.86 bits per heavy atom. The summed E-state index contributed by atoms with van der Waals surface area (Å²) in [5.41, 5.74) is 0.539. The highest BCUT2D eigenvalue weighted by Crippen LogP contribution is 2.31. The molecule has 22 heavy (non-hydrogen) atoms. The van der Waals surface area contributed by atoms with E-state index >= 15 is 0 Å². The molecule has 116 valence electrons. The summed E-state index contributed by atoms with van der Waals surface area (Å²) in [5.74, 6) is -0.0513. The molecule has 0 aliphatic heterocycles. The largest absolute Gasteiger partial charge is 0.468 e. The summed E-state index contributed by atoms with van der Waals surface area (Å²) in [7, 11) is 1.31. The second kappa shape index (κ2) is 6.97. The van der Waals surface area contributed by atoms with Crippen molar-refractivity contribution in [3.63, 3.8) is 0 Å². The second-order valence-electron chi connectivity index (χ2n) is 5.53. The first-order chi connectivity index (χ1) is 10.4. The summed E-state index contributed by atoms with van der Waals surface area (Å²) < 4.78 is 19.1. The third kappa shape index (κ3) is 3.69. The number of ether oxygens (including phenoxy) is 1. The molecule has 0 aliphatic carbocycles. The van der Waals surface area contributed by atoms with Gasteiger partial charge in [0.2, 0.25) is 0 Å². The van der Waals surface area contributed by atoms with Crippen LogP contribution in [0.2, 0.25) is 0 Å². The minimum absolute atomic E-state index is 0.350. The van der Waals surface area contributed by atoms with Gasteiger partial charge in [-0.1, -0.05) is 36.4 Å². The predicted octanol–water partition coefficient (Wildman–Crippen LogP) is 4.57. The van der Waals surface area contributed by atoms with Crippen LogP contribution in [-0.2, 0) is 20.7 Å². The number of hydrogen-bond acceptors (Lipinski definition) is 3. The lowest BCUT2D eigenvalue weighted by molar-refractivity contribution is -0.146. The Morgan fingerprint density at radius 1 is 1.18 bits per heavy atom. The molecule has 0 fully saturated rings. The molecule has 0 N–H and O–H groups in total. The van der Waals surface area contributed by atoms with Gasteiger partial charge in [0, 0.05) is 16.2 Å². The highest BCUT2D eigenvalue weighted by Gasteiger charge is 2.33. The van der Waals surface area contributed by atoms with Crippen molar-refractivity contribution in [3.8, 4) is 0 Å². The van der Waals surface area contributed by atoms with Crippen molar-refractivity contribution in [3.05, 3.63) is 65.5 Å². The molecule has 2 aromatic rings. The van der Waals surface area contributed by atoms with Crippen molar-refractivity contribution in [1.82, 2.24) is 0 Å². The average Bonchev–Trinajstić information content (AvgIpc) is 2.52. The summed E-state index contributed by atoms with van der Waals surface area (Å²) in [6, 6.07) is 15.0. The van der Waals surface area contributed by atoms with Gasteiger partial charge in [-0.2, -0.15) is 0 Å². The maximum atomic E-state index is 14.3. The third-order valence-electron chi connectivity index (χ3n) is 3.56. The fraction of sp³-hybridized carbons (Fsp3) is 0.278. The molecular formula is C18H19FO2S. The normalized spacial score (nSPS) is 11.3. The Balaban J connectivity index is 2.14. The topological polar surface area (TPSA) is 26.3 Å². The predicted molar refractivity (Wildman–Crippen MR) is 87.4 cm³/mol. The van der Waals surface area contributed by atoms with Gasteiger partial charge in [-0.15, -0.1) is 11.8 Å². The molecule has 0 radical (unpaired) electrons. The van der Waals surface area contributed by atoms with Crippen molar-refractivity contribution in [2.45, 2.75) is 29.9 Å². The highest BCUT2D eigenvalue weighted by molar-refractivity contribution is 7.98. The van der Waals surface area contributed by atoms with E-state index in [-0.39, 0.29) is 5.82 Å². The van der Waals surface area contributed by atoms with Crippen LogP contribution in [0.3, 0.4) is 0 Å². The van der Waals surface area contributed by atoms with Gasteiger partial charge in [-0.25, -0.2) is 4.39 Å². The molecule has 0 atom stereocenters. The number of carbonyl (C=O) groups is 1. The molecule has 0 heterocycles. The SMILES string of the molecule is COC(=O)C(C)(C)c1ccc(SCc2ccccc2)cc1F. The van der Waals surface area contributed by atoms with Gasteiger partial charge in [-0.3, -0.25) is 4.79 Å². The van der Waals surface area contributed by atoms with E-state index in [1.165, 1.54) is 18.7 Å². The lowest BCUT2D eigenvalue weighted by Gasteiger charge is -2.22. The first kappa shape index (κ1) is 16.6. The number of esters is 1. The van der Waals surface area contributed by atoms with Crippen molar-refractivity contribution in [1.29, 1.82) is 0 Å². The molecule has 2 rings (SSSR count). The van der Waals surface area contributed by atoms with Crippen LogP contribution in [0, 0.1) is 5.82 Å². The van der Waals surface area contributed by atoms with Crippen LogP contribution in [0.25, 0.3) is 0 Å². The molecule has 0 aliphatic rings. The van der Waals surface area contributed by atoms with E-state index in [1.807, 2.05) is 36.4 Å². The van der Waals surface area contributed by atoms with Crippen molar-refractivity contribution >= 4 is 17.7 Å². The summed E-state index contributed by atoms with van der Waals surface area (Å²) in [6.07, 6.45) is 0. The molecule has 0 spiro atoms. The van der Waals surface area contributed by atoms with Gasteiger partial charge in [0.15, 0.2) is 0 Å². The van der Waals surface area contributed by atoms with Gasteiger partial charge in [0.05, 0.1) is 12.5 Å². The molecule has 0 amide bonds. The molecule has 2 nitrogen and oxygen atoms in total. The summed E-state index contributed by atoms with van der Waals surface area (Å²) in [5, 5.41) is 0. The van der Waals surface area contributed by atoms with Crippen LogP contribution < -0.4 is 0 Å². The van der Waals surface area contributed by atoms with Gasteiger partial charge in [0.25, 0.3) is 0 Å². The average molecular weight is 318 g/mol. The van der Waals surface area contributed by atoms with E-state index in [4.69, 9.17) is 4.74 Å². The Bertz CT molecular complexity index is 653. The van der Waals surface area contributed by atoms with Crippen molar-refractivity contribution in [2.24, 2.45) is 0 Å².